The number of aryl methyl sites for hydroxylation is 2. The van der Waals surface area contributed by atoms with E-state index in [-0.39, 0.29) is 6.09 Å². The van der Waals surface area contributed by atoms with Crippen molar-refractivity contribution in [3.05, 3.63) is 34.9 Å². The van der Waals surface area contributed by atoms with Crippen molar-refractivity contribution < 1.29 is 9.53 Å². The van der Waals surface area contributed by atoms with Crippen LogP contribution in [-0.2, 0) is 11.3 Å². The number of hydrogen-bond acceptors (Lipinski definition) is 3. The fraction of sp³-hybridized carbons (Fsp3) is 0.462. The molecule has 1 amide bonds. The van der Waals surface area contributed by atoms with Crippen LogP contribution in [0.2, 0.25) is 0 Å². The van der Waals surface area contributed by atoms with Gasteiger partial charge in [0.1, 0.15) is 6.61 Å². The quantitative estimate of drug-likeness (QED) is 0.767. The van der Waals surface area contributed by atoms with E-state index in [0.717, 1.165) is 23.1 Å². The molecular weight excluding hydrogens is 216 g/mol. The zero-order chi connectivity index (χ0) is 12.7. The Kier molecular flexibility index (Phi) is 5.49. The van der Waals surface area contributed by atoms with E-state index in [2.05, 4.69) is 5.32 Å². The number of nitrogens with one attached hydrogen (secondary N) is 1. The normalized spacial score (nSPS) is 10.1. The lowest BCUT2D eigenvalue weighted by atomic mass is 10.1. The lowest BCUT2D eigenvalue weighted by Crippen LogP contribution is -2.26. The molecule has 17 heavy (non-hydrogen) atoms. The molecule has 1 rings (SSSR count). The van der Waals surface area contributed by atoms with Crippen molar-refractivity contribution in [2.45, 2.75) is 26.9 Å². The second-order valence-corrected chi connectivity index (χ2v) is 4.08. The van der Waals surface area contributed by atoms with Gasteiger partial charge in [0, 0.05) is 6.54 Å². The highest BCUT2D eigenvalue weighted by Gasteiger charge is 2.04. The molecule has 3 N–H and O–H groups in total. The van der Waals surface area contributed by atoms with Gasteiger partial charge in [0.15, 0.2) is 0 Å². The van der Waals surface area contributed by atoms with E-state index in [9.17, 15) is 4.79 Å². The minimum absolute atomic E-state index is 0.308. The number of nitrogens with two attached hydrogens (primary N) is 1. The molecule has 0 radical (unpaired) electrons. The van der Waals surface area contributed by atoms with Gasteiger partial charge in [0.2, 0.25) is 0 Å². The summed E-state index contributed by atoms with van der Waals surface area (Å²) in [6.45, 7) is 5.45. The van der Waals surface area contributed by atoms with Crippen LogP contribution < -0.4 is 11.1 Å². The molecule has 4 heteroatoms. The number of benzene rings is 1. The summed E-state index contributed by atoms with van der Waals surface area (Å²) in [4.78, 5) is 11.3. The summed E-state index contributed by atoms with van der Waals surface area (Å²) in [7, 11) is 0. The summed E-state index contributed by atoms with van der Waals surface area (Å²) in [5, 5.41) is 2.65. The second-order valence-electron chi connectivity index (χ2n) is 4.08. The third-order valence-electron chi connectivity index (χ3n) is 2.51. The minimum Gasteiger partial charge on any atom is -0.445 e. The topological polar surface area (TPSA) is 64.3 Å². The molecular formula is C13H20N2O2. The first kappa shape index (κ1) is 13.5. The van der Waals surface area contributed by atoms with Crippen LogP contribution in [0.15, 0.2) is 18.2 Å². The fourth-order valence-corrected chi connectivity index (χ4v) is 1.44. The largest absolute Gasteiger partial charge is 0.445 e. The number of carbonyl (C=O) groups excluding carboxylic acids is 1. The molecule has 0 fully saturated rings. The summed E-state index contributed by atoms with van der Waals surface area (Å²) in [5.41, 5.74) is 8.66. The molecule has 0 heterocycles. The average Bonchev–Trinajstić information content (AvgIpc) is 2.31. The molecule has 1 aromatic carbocycles. The molecule has 0 unspecified atom stereocenters. The summed E-state index contributed by atoms with van der Waals surface area (Å²) in [5.74, 6) is 0. The summed E-state index contributed by atoms with van der Waals surface area (Å²) >= 11 is 0. The van der Waals surface area contributed by atoms with Gasteiger partial charge in [-0.1, -0.05) is 23.8 Å². The SMILES string of the molecule is Cc1ccc(C)c(COC(=O)NCCCN)c1. The summed E-state index contributed by atoms with van der Waals surface area (Å²) in [6, 6.07) is 6.10. The number of amides is 1. The molecule has 0 aliphatic heterocycles. The van der Waals surface area contributed by atoms with Gasteiger partial charge in [0.25, 0.3) is 0 Å². The van der Waals surface area contributed by atoms with Crippen molar-refractivity contribution in [2.24, 2.45) is 5.73 Å². The Balaban J connectivity index is 2.39. The third kappa shape index (κ3) is 4.87. The first-order chi connectivity index (χ1) is 8.13. The van der Waals surface area contributed by atoms with Crippen molar-refractivity contribution in [3.8, 4) is 0 Å². The van der Waals surface area contributed by atoms with Gasteiger partial charge in [-0.2, -0.15) is 0 Å². The van der Waals surface area contributed by atoms with Crippen molar-refractivity contribution in [1.82, 2.24) is 5.32 Å². The van der Waals surface area contributed by atoms with Gasteiger partial charge in [-0.05, 0) is 37.9 Å². The van der Waals surface area contributed by atoms with Crippen LogP contribution in [0.25, 0.3) is 0 Å². The Hall–Kier alpha value is -1.55. The maximum Gasteiger partial charge on any atom is 0.407 e. The zero-order valence-electron chi connectivity index (χ0n) is 10.5. The van der Waals surface area contributed by atoms with E-state index < -0.39 is 0 Å². The zero-order valence-corrected chi connectivity index (χ0v) is 10.5. The highest BCUT2D eigenvalue weighted by molar-refractivity contribution is 5.67. The standard InChI is InChI=1S/C13H20N2O2/c1-10-4-5-11(2)12(8-10)9-17-13(16)15-7-3-6-14/h4-5,8H,3,6-7,9,14H2,1-2H3,(H,15,16). The van der Waals surface area contributed by atoms with Crippen LogP contribution in [0, 0.1) is 13.8 Å². The molecule has 0 bridgehead atoms. The lowest BCUT2D eigenvalue weighted by molar-refractivity contribution is 0.139. The second kappa shape index (κ2) is 6.91. The summed E-state index contributed by atoms with van der Waals surface area (Å²) < 4.78 is 5.12. The lowest BCUT2D eigenvalue weighted by Gasteiger charge is -2.09. The number of rotatable bonds is 5. The smallest absolute Gasteiger partial charge is 0.407 e. The molecule has 0 saturated carbocycles. The molecule has 94 valence electrons. The van der Waals surface area contributed by atoms with E-state index in [1.807, 2.05) is 32.0 Å². The van der Waals surface area contributed by atoms with Gasteiger partial charge < -0.3 is 15.8 Å². The van der Waals surface area contributed by atoms with Crippen molar-refractivity contribution in [2.75, 3.05) is 13.1 Å². The van der Waals surface area contributed by atoms with Gasteiger partial charge in [-0.3, -0.25) is 0 Å². The van der Waals surface area contributed by atoms with Crippen LogP contribution in [-0.4, -0.2) is 19.2 Å². The maximum absolute atomic E-state index is 11.3. The number of carbonyl (C=O) groups is 1. The van der Waals surface area contributed by atoms with Crippen LogP contribution in [0.1, 0.15) is 23.1 Å². The molecule has 0 aliphatic rings. The Bertz CT molecular complexity index is 378. The van der Waals surface area contributed by atoms with Crippen LogP contribution in [0.3, 0.4) is 0 Å². The highest BCUT2D eigenvalue weighted by atomic mass is 16.5. The van der Waals surface area contributed by atoms with Crippen LogP contribution in [0.5, 0.6) is 0 Å². The Morgan fingerprint density at radius 1 is 1.41 bits per heavy atom. The van der Waals surface area contributed by atoms with Gasteiger partial charge in [-0.15, -0.1) is 0 Å². The number of ether oxygens (including phenoxy) is 1. The van der Waals surface area contributed by atoms with Crippen molar-refractivity contribution in [3.63, 3.8) is 0 Å². The fourth-order valence-electron chi connectivity index (χ4n) is 1.44. The van der Waals surface area contributed by atoms with E-state index in [4.69, 9.17) is 10.5 Å². The number of alkyl carbamates (subject to hydrolysis) is 1. The predicted molar refractivity (Wildman–Crippen MR) is 67.8 cm³/mol. The Morgan fingerprint density at radius 2 is 2.18 bits per heavy atom. The molecule has 0 atom stereocenters. The van der Waals surface area contributed by atoms with E-state index in [1.54, 1.807) is 0 Å². The number of hydrogen-bond donors (Lipinski definition) is 2. The van der Waals surface area contributed by atoms with E-state index >= 15 is 0 Å². The van der Waals surface area contributed by atoms with Gasteiger partial charge in [-0.25, -0.2) is 4.79 Å². The first-order valence-electron chi connectivity index (χ1n) is 5.80. The highest BCUT2D eigenvalue weighted by Crippen LogP contribution is 2.11. The van der Waals surface area contributed by atoms with Crippen LogP contribution in [0.4, 0.5) is 4.79 Å². The Labute approximate surface area is 102 Å². The average molecular weight is 236 g/mol. The van der Waals surface area contributed by atoms with Gasteiger partial charge in [0.05, 0.1) is 0 Å². The van der Waals surface area contributed by atoms with E-state index in [0.29, 0.717) is 19.7 Å². The molecule has 0 aromatic heterocycles. The molecule has 0 spiro atoms. The van der Waals surface area contributed by atoms with E-state index in [1.165, 1.54) is 0 Å². The first-order valence-corrected chi connectivity index (χ1v) is 5.80. The van der Waals surface area contributed by atoms with Crippen molar-refractivity contribution in [1.29, 1.82) is 0 Å². The minimum atomic E-state index is -0.389. The Morgan fingerprint density at radius 3 is 2.88 bits per heavy atom. The molecule has 1 aromatic rings. The molecule has 0 aliphatic carbocycles. The monoisotopic (exact) mass is 236 g/mol. The summed E-state index contributed by atoms with van der Waals surface area (Å²) in [6.07, 6.45) is 0.373. The molecule has 4 nitrogen and oxygen atoms in total. The van der Waals surface area contributed by atoms with Crippen molar-refractivity contribution >= 4 is 6.09 Å². The third-order valence-corrected chi connectivity index (χ3v) is 2.51. The molecule has 0 saturated heterocycles. The maximum atomic E-state index is 11.3. The van der Waals surface area contributed by atoms with Crippen LogP contribution >= 0.6 is 0 Å². The van der Waals surface area contributed by atoms with Gasteiger partial charge >= 0.3 is 6.09 Å². The predicted octanol–water partition coefficient (Wildman–Crippen LogP) is 1.88.